The van der Waals surface area contributed by atoms with Crippen molar-refractivity contribution in [3.8, 4) is 0 Å². The Morgan fingerprint density at radius 2 is 1.83 bits per heavy atom. The lowest BCUT2D eigenvalue weighted by Crippen LogP contribution is -2.54. The number of rotatable bonds is 3. The fourth-order valence-corrected chi connectivity index (χ4v) is 7.94. The molecule has 1 N–H and O–H groups in total. The molecule has 4 heterocycles. The van der Waals surface area contributed by atoms with E-state index in [1.165, 1.54) is 19.3 Å². The van der Waals surface area contributed by atoms with Gasteiger partial charge in [-0.1, -0.05) is 19.9 Å². The molecule has 0 aromatic carbocycles. The third-order valence-corrected chi connectivity index (χ3v) is 9.25. The number of fused-ring (bicyclic) bond motifs is 2. The van der Waals surface area contributed by atoms with Crippen molar-refractivity contribution in [3.05, 3.63) is 36.0 Å². The Morgan fingerprint density at radius 1 is 1.11 bits per heavy atom. The van der Waals surface area contributed by atoms with Gasteiger partial charge in [-0.2, -0.15) is 0 Å². The van der Waals surface area contributed by atoms with Crippen LogP contribution in [0.4, 0.5) is 27.9 Å². The van der Waals surface area contributed by atoms with Gasteiger partial charge in [0.2, 0.25) is 5.91 Å². The van der Waals surface area contributed by atoms with Crippen molar-refractivity contribution in [2.45, 2.75) is 65.0 Å². The van der Waals surface area contributed by atoms with E-state index in [0.29, 0.717) is 42.5 Å². The second-order valence-corrected chi connectivity index (χ2v) is 12.0. The van der Waals surface area contributed by atoms with Gasteiger partial charge in [0.15, 0.2) is 5.82 Å². The number of aromatic nitrogens is 2. The molecule has 1 saturated heterocycles. The molecule has 5 fully saturated rings. The fraction of sp³-hybridized carbons (Fsp3) is 0.571. The van der Waals surface area contributed by atoms with Crippen LogP contribution in [-0.4, -0.2) is 34.6 Å². The zero-order chi connectivity index (χ0) is 24.6. The molecule has 8 rings (SSSR count). The van der Waals surface area contributed by atoms with Gasteiger partial charge in [0.05, 0.1) is 23.7 Å². The number of carbonyl (C=O) groups is 2. The molecule has 2 aromatic heterocycles. The van der Waals surface area contributed by atoms with E-state index < -0.39 is 0 Å². The molecule has 0 radical (unpaired) electrons. The molecule has 36 heavy (non-hydrogen) atoms. The topological polar surface area (TPSA) is 87.7 Å². The second kappa shape index (κ2) is 7.92. The predicted octanol–water partition coefficient (Wildman–Crippen LogP) is 5.26. The van der Waals surface area contributed by atoms with Gasteiger partial charge in [-0.25, -0.2) is 14.8 Å². The zero-order valence-electron chi connectivity index (χ0n) is 20.9. The summed E-state index contributed by atoms with van der Waals surface area (Å²) < 4.78 is 5.39. The summed E-state index contributed by atoms with van der Waals surface area (Å²) in [5.74, 6) is 4.27. The Balaban J connectivity index is 1.32. The molecule has 2 amide bonds. The highest BCUT2D eigenvalue weighted by atomic mass is 16.6. The number of pyridine rings is 2. The van der Waals surface area contributed by atoms with E-state index in [-0.39, 0.29) is 29.4 Å². The number of cyclic esters (lactones) is 1. The normalized spacial score (nSPS) is 32.1. The number of ether oxygens (including phenoxy) is 1. The first-order valence-electron chi connectivity index (χ1n) is 13.4. The summed E-state index contributed by atoms with van der Waals surface area (Å²) in [6.07, 6.45) is 8.21. The molecule has 6 aliphatic rings. The molecule has 1 unspecified atom stereocenters. The van der Waals surface area contributed by atoms with E-state index in [9.17, 15) is 9.59 Å². The highest BCUT2D eigenvalue weighted by Crippen LogP contribution is 2.61. The first-order chi connectivity index (χ1) is 17.4. The summed E-state index contributed by atoms with van der Waals surface area (Å²) in [6.45, 7) is 4.92. The van der Waals surface area contributed by atoms with E-state index in [4.69, 9.17) is 9.72 Å². The summed E-state index contributed by atoms with van der Waals surface area (Å²) in [6, 6.07) is 7.61. The smallest absolute Gasteiger partial charge is 0.415 e. The van der Waals surface area contributed by atoms with Crippen LogP contribution in [0.5, 0.6) is 0 Å². The van der Waals surface area contributed by atoms with Crippen molar-refractivity contribution in [3.63, 3.8) is 0 Å². The Kier molecular flexibility index (Phi) is 4.85. The number of nitrogens with one attached hydrogen (secondary N) is 1. The van der Waals surface area contributed by atoms with E-state index in [1.54, 1.807) is 11.1 Å². The lowest BCUT2D eigenvalue weighted by Gasteiger charge is -2.56. The Hall–Kier alpha value is -3.16. The molecular weight excluding hydrogens is 454 g/mol. The fourth-order valence-electron chi connectivity index (χ4n) is 7.94. The summed E-state index contributed by atoms with van der Waals surface area (Å²) >= 11 is 0. The van der Waals surface area contributed by atoms with E-state index in [1.807, 2.05) is 29.2 Å². The van der Waals surface area contributed by atoms with Crippen molar-refractivity contribution in [2.24, 2.45) is 29.1 Å². The minimum atomic E-state index is -0.383. The maximum atomic E-state index is 14.6. The molecule has 4 saturated carbocycles. The number of carbonyl (C=O) groups excluding carboxylic acids is 2. The Labute approximate surface area is 211 Å². The molecule has 4 aliphatic carbocycles. The largest absolute Gasteiger partial charge is 0.447 e. The van der Waals surface area contributed by atoms with Gasteiger partial charge < -0.3 is 10.1 Å². The molecule has 188 valence electrons. The lowest BCUT2D eigenvalue weighted by atomic mass is 9.49. The zero-order valence-corrected chi connectivity index (χ0v) is 20.9. The van der Waals surface area contributed by atoms with Crippen LogP contribution < -0.4 is 15.1 Å². The Bertz CT molecular complexity index is 1210. The SMILES string of the molecule is CC(C)C1COC(=O)N1c1ccc2c(n1)N(C(=O)C13CC4CC(CC(C4)C1)C3)Cc1cccnc1N2. The monoisotopic (exact) mass is 487 g/mol. The molecule has 8 nitrogen and oxygen atoms in total. The second-order valence-electron chi connectivity index (χ2n) is 12.0. The van der Waals surface area contributed by atoms with Gasteiger partial charge in [-0.3, -0.25) is 14.6 Å². The van der Waals surface area contributed by atoms with Crippen LogP contribution in [0.25, 0.3) is 0 Å². The van der Waals surface area contributed by atoms with Crippen molar-refractivity contribution in [2.75, 3.05) is 21.7 Å². The highest BCUT2D eigenvalue weighted by Gasteiger charge is 2.56. The average molecular weight is 488 g/mol. The number of nitrogens with zero attached hydrogens (tertiary/aromatic N) is 4. The third-order valence-electron chi connectivity index (χ3n) is 9.25. The van der Waals surface area contributed by atoms with Crippen LogP contribution in [0.3, 0.4) is 0 Å². The Morgan fingerprint density at radius 3 is 2.53 bits per heavy atom. The lowest BCUT2D eigenvalue weighted by molar-refractivity contribution is -0.143. The van der Waals surface area contributed by atoms with Crippen molar-refractivity contribution < 1.29 is 14.3 Å². The first kappa shape index (κ1) is 22.1. The number of amides is 2. The molecule has 2 aromatic rings. The van der Waals surface area contributed by atoms with E-state index in [2.05, 4.69) is 24.1 Å². The highest BCUT2D eigenvalue weighted by molar-refractivity contribution is 6.01. The van der Waals surface area contributed by atoms with Crippen LogP contribution >= 0.6 is 0 Å². The molecule has 2 aliphatic heterocycles. The average Bonchev–Trinajstić information content (AvgIpc) is 3.16. The van der Waals surface area contributed by atoms with Gasteiger partial charge >= 0.3 is 6.09 Å². The minimum Gasteiger partial charge on any atom is -0.447 e. The van der Waals surface area contributed by atoms with Crippen molar-refractivity contribution in [1.29, 1.82) is 0 Å². The van der Waals surface area contributed by atoms with Crippen LogP contribution in [0.15, 0.2) is 30.5 Å². The van der Waals surface area contributed by atoms with Crippen molar-refractivity contribution >= 4 is 35.1 Å². The number of hydrogen-bond donors (Lipinski definition) is 1. The maximum absolute atomic E-state index is 14.6. The standard InChI is InChI=1S/C28H33N5O3/c1-16(2)22-15-36-27(35)33(22)23-6-5-21-25(31-23)32(14-20-4-3-7-29-24(20)30-21)26(34)28-11-17-8-18(12-28)10-19(9-17)13-28/h3-7,16-19,22H,8-15H2,1-2H3,(H,29,30). The number of anilines is 4. The van der Waals surface area contributed by atoms with Gasteiger partial charge in [-0.05, 0) is 80.4 Å². The summed E-state index contributed by atoms with van der Waals surface area (Å²) in [5, 5.41) is 3.42. The first-order valence-corrected chi connectivity index (χ1v) is 13.4. The van der Waals surface area contributed by atoms with E-state index >= 15 is 0 Å². The van der Waals surface area contributed by atoms with Crippen LogP contribution in [0.1, 0.15) is 57.9 Å². The summed E-state index contributed by atoms with van der Waals surface area (Å²) in [7, 11) is 0. The minimum absolute atomic E-state index is 0.0899. The molecule has 8 heteroatoms. The number of hydrogen-bond acceptors (Lipinski definition) is 6. The molecule has 4 bridgehead atoms. The molecule has 1 atom stereocenters. The quantitative estimate of drug-likeness (QED) is 0.635. The van der Waals surface area contributed by atoms with E-state index in [0.717, 1.165) is 36.3 Å². The molecule has 0 spiro atoms. The third kappa shape index (κ3) is 3.33. The maximum Gasteiger partial charge on any atom is 0.415 e. The van der Waals surface area contributed by atoms with Crippen molar-refractivity contribution in [1.82, 2.24) is 9.97 Å². The summed E-state index contributed by atoms with van der Waals surface area (Å²) in [4.78, 5) is 40.4. The van der Waals surface area contributed by atoms with Gasteiger partial charge in [0.25, 0.3) is 0 Å². The van der Waals surface area contributed by atoms with Gasteiger partial charge in [0.1, 0.15) is 18.2 Å². The molecular formula is C28H33N5O3. The van der Waals surface area contributed by atoms with Gasteiger partial charge in [-0.15, -0.1) is 0 Å². The van der Waals surface area contributed by atoms with Gasteiger partial charge in [0, 0.05) is 11.8 Å². The summed E-state index contributed by atoms with van der Waals surface area (Å²) in [5.41, 5.74) is 1.41. The predicted molar refractivity (Wildman–Crippen MR) is 136 cm³/mol. The van der Waals surface area contributed by atoms with Crippen LogP contribution in [0, 0.1) is 29.1 Å². The van der Waals surface area contributed by atoms with Crippen LogP contribution in [0.2, 0.25) is 0 Å². The van der Waals surface area contributed by atoms with Crippen LogP contribution in [-0.2, 0) is 16.1 Å².